The van der Waals surface area contributed by atoms with E-state index in [1.54, 1.807) is 18.8 Å². The van der Waals surface area contributed by atoms with Gasteiger partial charge in [0.25, 0.3) is 5.91 Å². The van der Waals surface area contributed by atoms with E-state index in [4.69, 9.17) is 16.3 Å². The number of rotatable bonds is 4. The van der Waals surface area contributed by atoms with Crippen molar-refractivity contribution in [2.45, 2.75) is 32.6 Å². The maximum Gasteiger partial charge on any atom is 0.275 e. The van der Waals surface area contributed by atoms with Gasteiger partial charge >= 0.3 is 0 Å². The molecule has 1 spiro atoms. The second kappa shape index (κ2) is 7.56. The number of piperidine rings is 2. The van der Waals surface area contributed by atoms with Gasteiger partial charge < -0.3 is 14.5 Å². The summed E-state index contributed by atoms with van der Waals surface area (Å²) in [6, 6.07) is 0. The first-order chi connectivity index (χ1) is 12.4. The van der Waals surface area contributed by atoms with Crippen molar-refractivity contribution in [2.24, 2.45) is 12.5 Å². The Labute approximate surface area is 159 Å². The molecule has 2 fully saturated rings. The number of halogens is 1. The van der Waals surface area contributed by atoms with E-state index in [1.807, 2.05) is 16.7 Å². The molecule has 0 N–H and O–H groups in total. The number of methoxy groups -OCH3 is 1. The van der Waals surface area contributed by atoms with E-state index in [-0.39, 0.29) is 17.2 Å². The normalized spacial score (nSPS) is 23.8. The van der Waals surface area contributed by atoms with Crippen LogP contribution in [0.1, 0.15) is 41.9 Å². The van der Waals surface area contributed by atoms with Crippen LogP contribution in [0, 0.1) is 12.3 Å². The van der Waals surface area contributed by atoms with Crippen molar-refractivity contribution in [3.05, 3.63) is 16.4 Å². The number of hydrogen-bond acceptors (Lipinski definition) is 4. The van der Waals surface area contributed by atoms with Gasteiger partial charge in [0.1, 0.15) is 0 Å². The van der Waals surface area contributed by atoms with Gasteiger partial charge in [-0.05, 0) is 26.2 Å². The molecule has 0 radical (unpaired) electrons. The molecule has 1 aromatic heterocycles. The maximum atomic E-state index is 13.0. The lowest BCUT2D eigenvalue weighted by Crippen LogP contribution is -2.55. The minimum atomic E-state index is -0.113. The zero-order chi connectivity index (χ0) is 18.9. The van der Waals surface area contributed by atoms with E-state index < -0.39 is 0 Å². The zero-order valence-corrected chi connectivity index (χ0v) is 16.5. The molecular weight excluding hydrogens is 356 g/mol. The fraction of sp³-hybridized carbons (Fsp3) is 0.722. The molecule has 3 rings (SSSR count). The highest BCUT2D eigenvalue weighted by Crippen LogP contribution is 2.39. The number of aryl methyl sites for hydroxylation is 1. The Morgan fingerprint density at radius 2 is 2.12 bits per heavy atom. The molecule has 3 heterocycles. The van der Waals surface area contributed by atoms with E-state index >= 15 is 0 Å². The lowest BCUT2D eigenvalue weighted by atomic mass is 9.73. The summed E-state index contributed by atoms with van der Waals surface area (Å²) in [6.07, 6.45) is 3.33. The summed E-state index contributed by atoms with van der Waals surface area (Å²) in [6.45, 7) is 5.04. The van der Waals surface area contributed by atoms with E-state index in [0.717, 1.165) is 25.0 Å². The largest absolute Gasteiger partial charge is 0.383 e. The molecule has 0 saturated carbocycles. The lowest BCUT2D eigenvalue weighted by molar-refractivity contribution is -0.139. The first-order valence-corrected chi connectivity index (χ1v) is 9.50. The van der Waals surface area contributed by atoms with Crippen molar-refractivity contribution in [2.75, 3.05) is 39.9 Å². The quantitative estimate of drug-likeness (QED) is 0.797. The van der Waals surface area contributed by atoms with Gasteiger partial charge in [0.15, 0.2) is 5.69 Å². The fourth-order valence-electron chi connectivity index (χ4n) is 4.09. The number of amides is 2. The van der Waals surface area contributed by atoms with Gasteiger partial charge in [0, 0.05) is 52.2 Å². The molecule has 0 aromatic carbocycles. The molecule has 1 aromatic rings. The number of ether oxygens (including phenoxy) is 1. The Balaban J connectivity index is 1.75. The molecule has 144 valence electrons. The number of carbonyl (C=O) groups excluding carboxylic acids is 2. The third-order valence-electron chi connectivity index (χ3n) is 5.73. The van der Waals surface area contributed by atoms with Crippen LogP contribution in [-0.4, -0.2) is 71.3 Å². The van der Waals surface area contributed by atoms with Crippen LogP contribution in [0.3, 0.4) is 0 Å². The van der Waals surface area contributed by atoms with Crippen molar-refractivity contribution in [3.63, 3.8) is 0 Å². The summed E-state index contributed by atoms with van der Waals surface area (Å²) in [5.41, 5.74) is 1.08. The van der Waals surface area contributed by atoms with Gasteiger partial charge in [-0.25, -0.2) is 0 Å². The summed E-state index contributed by atoms with van der Waals surface area (Å²) in [4.78, 5) is 29.0. The Hall–Kier alpha value is -1.60. The van der Waals surface area contributed by atoms with Crippen molar-refractivity contribution in [1.82, 2.24) is 19.6 Å². The van der Waals surface area contributed by atoms with Crippen molar-refractivity contribution >= 4 is 23.4 Å². The Morgan fingerprint density at radius 3 is 2.77 bits per heavy atom. The van der Waals surface area contributed by atoms with Crippen molar-refractivity contribution < 1.29 is 14.3 Å². The van der Waals surface area contributed by atoms with Gasteiger partial charge in [0.05, 0.1) is 17.3 Å². The van der Waals surface area contributed by atoms with E-state index in [1.165, 1.54) is 0 Å². The summed E-state index contributed by atoms with van der Waals surface area (Å²) in [5, 5.41) is 4.73. The average molecular weight is 383 g/mol. The molecule has 1 unspecified atom stereocenters. The highest BCUT2D eigenvalue weighted by atomic mass is 35.5. The van der Waals surface area contributed by atoms with Gasteiger partial charge in [-0.1, -0.05) is 11.6 Å². The predicted octanol–water partition coefficient (Wildman–Crippen LogP) is 1.87. The number of nitrogens with zero attached hydrogens (tertiary/aromatic N) is 4. The smallest absolute Gasteiger partial charge is 0.275 e. The molecule has 0 bridgehead atoms. The van der Waals surface area contributed by atoms with Crippen LogP contribution in [0.5, 0.6) is 0 Å². The third kappa shape index (κ3) is 3.60. The number of aromatic nitrogens is 2. The average Bonchev–Trinajstić information content (AvgIpc) is 2.89. The summed E-state index contributed by atoms with van der Waals surface area (Å²) < 4.78 is 6.77. The molecular formula is C18H27ClN4O3. The molecule has 2 amide bonds. The van der Waals surface area contributed by atoms with Crippen LogP contribution in [0.4, 0.5) is 0 Å². The first-order valence-electron chi connectivity index (χ1n) is 9.12. The topological polar surface area (TPSA) is 67.7 Å². The minimum Gasteiger partial charge on any atom is -0.383 e. The molecule has 1 atom stereocenters. The maximum absolute atomic E-state index is 13.0. The highest BCUT2D eigenvalue weighted by Gasteiger charge is 2.43. The Morgan fingerprint density at radius 1 is 1.35 bits per heavy atom. The van der Waals surface area contributed by atoms with Crippen molar-refractivity contribution in [3.8, 4) is 0 Å². The van der Waals surface area contributed by atoms with E-state index in [9.17, 15) is 9.59 Å². The monoisotopic (exact) mass is 382 g/mol. The molecule has 2 saturated heterocycles. The standard InChI is InChI=1S/C18H27ClN4O3/c1-13-15(19)16(20-21(13)2)17(25)23-8-4-6-18(12-23)7-5-14(24)22(11-18)9-10-26-3/h4-12H2,1-3H3. The Bertz CT molecular complexity index is 705. The lowest BCUT2D eigenvalue weighted by Gasteiger charge is -2.48. The fourth-order valence-corrected chi connectivity index (χ4v) is 4.33. The third-order valence-corrected chi connectivity index (χ3v) is 6.18. The van der Waals surface area contributed by atoms with Gasteiger partial charge in [-0.15, -0.1) is 0 Å². The number of carbonyl (C=O) groups is 2. The van der Waals surface area contributed by atoms with Crippen molar-refractivity contribution in [1.29, 1.82) is 0 Å². The summed E-state index contributed by atoms with van der Waals surface area (Å²) in [7, 11) is 3.43. The van der Waals surface area contributed by atoms with Crippen LogP contribution in [0.2, 0.25) is 5.02 Å². The second-order valence-corrected chi connectivity index (χ2v) is 7.89. The van der Waals surface area contributed by atoms with Crippen LogP contribution < -0.4 is 0 Å². The molecule has 2 aliphatic rings. The van der Waals surface area contributed by atoms with Gasteiger partial charge in [-0.3, -0.25) is 14.3 Å². The summed E-state index contributed by atoms with van der Waals surface area (Å²) in [5.74, 6) is 0.0673. The zero-order valence-electron chi connectivity index (χ0n) is 15.8. The number of likely N-dealkylation sites (tertiary alicyclic amines) is 2. The minimum absolute atomic E-state index is 0.0359. The summed E-state index contributed by atoms with van der Waals surface area (Å²) >= 11 is 6.31. The van der Waals surface area contributed by atoms with Crippen LogP contribution in [0.15, 0.2) is 0 Å². The van der Waals surface area contributed by atoms with Gasteiger partial charge in [-0.2, -0.15) is 5.10 Å². The second-order valence-electron chi connectivity index (χ2n) is 7.51. The molecule has 2 aliphatic heterocycles. The van der Waals surface area contributed by atoms with E-state index in [2.05, 4.69) is 5.10 Å². The van der Waals surface area contributed by atoms with Crippen LogP contribution in [-0.2, 0) is 16.6 Å². The first kappa shape index (κ1) is 19.2. The van der Waals surface area contributed by atoms with Gasteiger partial charge in [0.2, 0.25) is 5.91 Å². The highest BCUT2D eigenvalue weighted by molar-refractivity contribution is 6.34. The number of hydrogen-bond donors (Lipinski definition) is 0. The molecule has 26 heavy (non-hydrogen) atoms. The van der Waals surface area contributed by atoms with Crippen LogP contribution >= 0.6 is 11.6 Å². The van der Waals surface area contributed by atoms with Crippen LogP contribution in [0.25, 0.3) is 0 Å². The molecule has 0 aliphatic carbocycles. The molecule has 8 heteroatoms. The Kier molecular flexibility index (Phi) is 5.58. The van der Waals surface area contributed by atoms with E-state index in [0.29, 0.717) is 49.9 Å². The SMILES string of the molecule is COCCN1CC2(CCCN(C(=O)c3nn(C)c(C)c3Cl)C2)CCC1=O. The molecule has 7 nitrogen and oxygen atoms in total. The predicted molar refractivity (Wildman–Crippen MR) is 98.2 cm³/mol.